The lowest BCUT2D eigenvalue weighted by molar-refractivity contribution is -0.122. The van der Waals surface area contributed by atoms with Gasteiger partial charge in [0.15, 0.2) is 0 Å². The number of rotatable bonds is 7. The van der Waals surface area contributed by atoms with Crippen molar-refractivity contribution in [3.8, 4) is 11.3 Å². The molecule has 2 aromatic heterocycles. The van der Waals surface area contributed by atoms with Gasteiger partial charge in [-0.05, 0) is 49.1 Å². The third-order valence-corrected chi connectivity index (χ3v) is 5.63. The molecular formula is C24H27N5O2. The van der Waals surface area contributed by atoms with E-state index in [1.54, 1.807) is 6.20 Å². The van der Waals surface area contributed by atoms with E-state index in [-0.39, 0.29) is 17.7 Å². The maximum absolute atomic E-state index is 12.4. The van der Waals surface area contributed by atoms with Gasteiger partial charge in [0.25, 0.3) is 0 Å². The van der Waals surface area contributed by atoms with Crippen LogP contribution in [0.15, 0.2) is 60.8 Å². The average molecular weight is 418 g/mol. The molecule has 7 nitrogen and oxygen atoms in total. The molecule has 1 atom stereocenters. The van der Waals surface area contributed by atoms with Crippen molar-refractivity contribution in [2.45, 2.75) is 25.7 Å². The van der Waals surface area contributed by atoms with Crippen molar-refractivity contribution in [3.05, 3.63) is 66.5 Å². The molecule has 0 saturated carbocycles. The molecule has 4 N–H and O–H groups in total. The average Bonchev–Trinajstić information content (AvgIpc) is 3.28. The summed E-state index contributed by atoms with van der Waals surface area (Å²) in [5, 5.41) is 2.90. The molecule has 2 amide bonds. The molecule has 7 heteroatoms. The van der Waals surface area contributed by atoms with E-state index >= 15 is 0 Å². The number of benzene rings is 1. The molecule has 1 aliphatic heterocycles. The molecule has 1 fully saturated rings. The van der Waals surface area contributed by atoms with Crippen molar-refractivity contribution >= 4 is 23.3 Å². The van der Waals surface area contributed by atoms with Crippen molar-refractivity contribution in [1.29, 1.82) is 0 Å². The molecule has 4 rings (SSSR count). The Labute approximate surface area is 181 Å². The van der Waals surface area contributed by atoms with Gasteiger partial charge in [0.1, 0.15) is 5.82 Å². The summed E-state index contributed by atoms with van der Waals surface area (Å²) in [6, 6.07) is 17.9. The molecule has 0 radical (unpaired) electrons. The largest absolute Gasteiger partial charge is 0.369 e. The molecule has 1 aromatic carbocycles. The van der Waals surface area contributed by atoms with Crippen LogP contribution in [0.3, 0.4) is 0 Å². The SMILES string of the molecule is NC(=O)C1CCCN(c2ccc(NC(=O)CCc3ccc(-c4ccccc4)[nH]3)cn2)C1. The van der Waals surface area contributed by atoms with Gasteiger partial charge in [-0.1, -0.05) is 30.3 Å². The van der Waals surface area contributed by atoms with E-state index in [2.05, 4.69) is 32.3 Å². The summed E-state index contributed by atoms with van der Waals surface area (Å²) in [6.45, 7) is 1.44. The van der Waals surface area contributed by atoms with Gasteiger partial charge in [0.05, 0.1) is 17.8 Å². The summed E-state index contributed by atoms with van der Waals surface area (Å²) in [4.78, 5) is 33.7. The summed E-state index contributed by atoms with van der Waals surface area (Å²) in [5.74, 6) is 0.345. The number of primary amides is 1. The van der Waals surface area contributed by atoms with E-state index in [0.717, 1.165) is 42.2 Å². The monoisotopic (exact) mass is 417 g/mol. The second-order valence-corrected chi connectivity index (χ2v) is 7.90. The minimum atomic E-state index is -0.258. The minimum Gasteiger partial charge on any atom is -0.369 e. The zero-order valence-electron chi connectivity index (χ0n) is 17.4. The third kappa shape index (κ3) is 5.31. The quantitative estimate of drug-likeness (QED) is 0.548. The van der Waals surface area contributed by atoms with Gasteiger partial charge in [-0.25, -0.2) is 4.98 Å². The number of nitrogens with two attached hydrogens (primary N) is 1. The van der Waals surface area contributed by atoms with E-state index in [1.807, 2.05) is 42.5 Å². The predicted octanol–water partition coefficient (Wildman–Crippen LogP) is 3.35. The summed E-state index contributed by atoms with van der Waals surface area (Å²) in [6.07, 6.45) is 4.41. The molecule has 3 aromatic rings. The lowest BCUT2D eigenvalue weighted by Gasteiger charge is -2.32. The predicted molar refractivity (Wildman–Crippen MR) is 122 cm³/mol. The fourth-order valence-corrected chi connectivity index (χ4v) is 3.91. The van der Waals surface area contributed by atoms with Crippen LogP contribution in [-0.4, -0.2) is 34.9 Å². The zero-order chi connectivity index (χ0) is 21.6. The molecule has 3 heterocycles. The molecule has 0 bridgehead atoms. The number of pyridine rings is 1. The van der Waals surface area contributed by atoms with Gasteiger partial charge in [0.2, 0.25) is 11.8 Å². The lowest BCUT2D eigenvalue weighted by Crippen LogP contribution is -2.41. The number of H-pyrrole nitrogens is 1. The summed E-state index contributed by atoms with van der Waals surface area (Å²) in [7, 11) is 0. The van der Waals surface area contributed by atoms with E-state index in [9.17, 15) is 9.59 Å². The van der Waals surface area contributed by atoms with Gasteiger partial charge >= 0.3 is 0 Å². The maximum atomic E-state index is 12.4. The number of hydrogen-bond acceptors (Lipinski definition) is 4. The van der Waals surface area contributed by atoms with E-state index in [1.165, 1.54) is 0 Å². The van der Waals surface area contributed by atoms with Crippen molar-refractivity contribution in [2.24, 2.45) is 11.7 Å². The highest BCUT2D eigenvalue weighted by Crippen LogP contribution is 2.23. The van der Waals surface area contributed by atoms with Crippen LogP contribution < -0.4 is 16.0 Å². The van der Waals surface area contributed by atoms with Crippen LogP contribution in [0, 0.1) is 5.92 Å². The van der Waals surface area contributed by atoms with Gasteiger partial charge in [-0.3, -0.25) is 9.59 Å². The van der Waals surface area contributed by atoms with Crippen LogP contribution in [0.1, 0.15) is 25.0 Å². The van der Waals surface area contributed by atoms with E-state index < -0.39 is 0 Å². The first-order valence-corrected chi connectivity index (χ1v) is 10.6. The zero-order valence-corrected chi connectivity index (χ0v) is 17.4. The molecule has 0 spiro atoms. The molecule has 31 heavy (non-hydrogen) atoms. The number of piperidine rings is 1. The van der Waals surface area contributed by atoms with Crippen LogP contribution in [-0.2, 0) is 16.0 Å². The smallest absolute Gasteiger partial charge is 0.224 e. The van der Waals surface area contributed by atoms with Gasteiger partial charge < -0.3 is 20.9 Å². The Morgan fingerprint density at radius 2 is 1.97 bits per heavy atom. The Bertz CT molecular complexity index is 1030. The number of carbonyl (C=O) groups is 2. The summed E-state index contributed by atoms with van der Waals surface area (Å²) < 4.78 is 0. The Morgan fingerprint density at radius 1 is 1.13 bits per heavy atom. The third-order valence-electron chi connectivity index (χ3n) is 5.63. The number of aromatic nitrogens is 2. The first kappa shape index (κ1) is 20.7. The summed E-state index contributed by atoms with van der Waals surface area (Å²) in [5.41, 5.74) is 9.31. The van der Waals surface area contributed by atoms with Crippen molar-refractivity contribution < 1.29 is 9.59 Å². The Hall–Kier alpha value is -3.61. The second-order valence-electron chi connectivity index (χ2n) is 7.90. The molecule has 1 saturated heterocycles. The Balaban J connectivity index is 1.28. The van der Waals surface area contributed by atoms with Crippen molar-refractivity contribution in [2.75, 3.05) is 23.3 Å². The van der Waals surface area contributed by atoms with Crippen molar-refractivity contribution in [1.82, 2.24) is 9.97 Å². The highest BCUT2D eigenvalue weighted by Gasteiger charge is 2.24. The lowest BCUT2D eigenvalue weighted by atomic mass is 9.97. The topological polar surface area (TPSA) is 104 Å². The van der Waals surface area contributed by atoms with Crippen LogP contribution in [0.5, 0.6) is 0 Å². The van der Waals surface area contributed by atoms with Crippen LogP contribution in [0.4, 0.5) is 11.5 Å². The van der Waals surface area contributed by atoms with Crippen LogP contribution in [0.2, 0.25) is 0 Å². The Kier molecular flexibility index (Phi) is 6.31. The van der Waals surface area contributed by atoms with Crippen LogP contribution >= 0.6 is 0 Å². The van der Waals surface area contributed by atoms with Crippen LogP contribution in [0.25, 0.3) is 11.3 Å². The first-order valence-electron chi connectivity index (χ1n) is 10.6. The molecule has 160 valence electrons. The number of hydrogen-bond donors (Lipinski definition) is 3. The second kappa shape index (κ2) is 9.47. The fourth-order valence-electron chi connectivity index (χ4n) is 3.91. The van der Waals surface area contributed by atoms with Gasteiger partial charge in [-0.2, -0.15) is 0 Å². The highest BCUT2D eigenvalue weighted by molar-refractivity contribution is 5.90. The number of aromatic amines is 1. The molecule has 0 aliphatic carbocycles. The first-order chi connectivity index (χ1) is 15.1. The van der Waals surface area contributed by atoms with E-state index in [4.69, 9.17) is 5.73 Å². The highest BCUT2D eigenvalue weighted by atomic mass is 16.2. The number of nitrogens with one attached hydrogen (secondary N) is 2. The fraction of sp³-hybridized carbons (Fsp3) is 0.292. The number of anilines is 2. The normalized spacial score (nSPS) is 16.1. The number of carbonyl (C=O) groups excluding carboxylic acids is 2. The summed E-state index contributed by atoms with van der Waals surface area (Å²) >= 11 is 0. The standard InChI is InChI=1S/C24H27N5O2/c25-24(31)18-7-4-14-29(16-18)22-12-9-20(15-26-22)28-23(30)13-10-19-8-11-21(27-19)17-5-2-1-3-6-17/h1-3,5-6,8-9,11-12,15,18,27H,4,7,10,13-14,16H2,(H2,25,31)(H,28,30). The molecule has 1 unspecified atom stereocenters. The molecular weight excluding hydrogens is 390 g/mol. The van der Waals surface area contributed by atoms with Gasteiger partial charge in [0, 0.05) is 30.9 Å². The van der Waals surface area contributed by atoms with E-state index in [0.29, 0.717) is 25.1 Å². The van der Waals surface area contributed by atoms with Crippen molar-refractivity contribution in [3.63, 3.8) is 0 Å². The number of amides is 2. The number of aryl methyl sites for hydroxylation is 1. The van der Waals surface area contributed by atoms with Gasteiger partial charge in [-0.15, -0.1) is 0 Å². The minimum absolute atomic E-state index is 0.0582. The number of nitrogens with zero attached hydrogens (tertiary/aromatic N) is 2. The maximum Gasteiger partial charge on any atom is 0.224 e. The molecule has 1 aliphatic rings. The Morgan fingerprint density at radius 3 is 2.71 bits per heavy atom.